The molecule has 2 aromatic carbocycles. The molecule has 0 radical (unpaired) electrons. The molecule has 3 rings (SSSR count). The van der Waals surface area contributed by atoms with Crippen LogP contribution in [0.3, 0.4) is 0 Å². The third kappa shape index (κ3) is 3.89. The van der Waals surface area contributed by atoms with Crippen molar-refractivity contribution in [3.05, 3.63) is 63.7 Å². The molecule has 0 aromatic heterocycles. The van der Waals surface area contributed by atoms with Gasteiger partial charge in [0.25, 0.3) is 5.69 Å². The minimum Gasteiger partial charge on any atom is -0.507 e. The predicted molar refractivity (Wildman–Crippen MR) is 106 cm³/mol. The van der Waals surface area contributed by atoms with Gasteiger partial charge in [-0.1, -0.05) is 36.4 Å². The lowest BCUT2D eigenvalue weighted by Crippen LogP contribution is -2.41. The molecular formula is C20H22BNO5. The van der Waals surface area contributed by atoms with Crippen molar-refractivity contribution in [2.24, 2.45) is 0 Å². The Morgan fingerprint density at radius 3 is 2.15 bits per heavy atom. The van der Waals surface area contributed by atoms with Gasteiger partial charge in [0.2, 0.25) is 0 Å². The molecular weight excluding hydrogens is 345 g/mol. The number of hydrogen-bond donors (Lipinski definition) is 1. The lowest BCUT2D eigenvalue weighted by atomic mass is 9.79. The molecule has 2 aromatic rings. The van der Waals surface area contributed by atoms with Gasteiger partial charge in [-0.3, -0.25) is 10.1 Å². The number of nitro benzene ring substituents is 1. The number of phenolic OH excluding ortho intramolecular Hbond substituents is 1. The van der Waals surface area contributed by atoms with Crippen LogP contribution >= 0.6 is 0 Å². The van der Waals surface area contributed by atoms with Crippen molar-refractivity contribution >= 4 is 30.4 Å². The highest BCUT2D eigenvalue weighted by atomic mass is 16.7. The van der Waals surface area contributed by atoms with Crippen molar-refractivity contribution < 1.29 is 19.3 Å². The van der Waals surface area contributed by atoms with Crippen LogP contribution in [0.25, 0.3) is 12.2 Å². The van der Waals surface area contributed by atoms with Crippen molar-refractivity contribution in [3.63, 3.8) is 0 Å². The average molecular weight is 367 g/mol. The Bertz CT molecular complexity index is 874. The average Bonchev–Trinajstić information content (AvgIpc) is 2.82. The maximum Gasteiger partial charge on any atom is 0.494 e. The number of non-ortho nitro benzene ring substituents is 1. The molecule has 0 spiro atoms. The zero-order valence-corrected chi connectivity index (χ0v) is 15.8. The molecule has 1 heterocycles. The third-order valence-electron chi connectivity index (χ3n) is 5.14. The number of nitro groups is 1. The van der Waals surface area contributed by atoms with Gasteiger partial charge >= 0.3 is 7.12 Å². The Hall–Kier alpha value is -2.64. The molecule has 0 unspecified atom stereocenters. The quantitative estimate of drug-likeness (QED) is 0.385. The van der Waals surface area contributed by atoms with Gasteiger partial charge in [-0.2, -0.15) is 0 Å². The Labute approximate surface area is 158 Å². The highest BCUT2D eigenvalue weighted by molar-refractivity contribution is 6.62. The molecule has 1 aliphatic rings. The SMILES string of the molecule is CC1(C)OB(c2ccc(/C=C\c3cc([N+](=O)[O-])ccc3O)cc2)OC1(C)C. The van der Waals surface area contributed by atoms with E-state index >= 15 is 0 Å². The topological polar surface area (TPSA) is 81.8 Å². The summed E-state index contributed by atoms with van der Waals surface area (Å²) in [5.74, 6) is -0.00862. The van der Waals surface area contributed by atoms with Gasteiger partial charge in [-0.25, -0.2) is 0 Å². The van der Waals surface area contributed by atoms with Crippen LogP contribution in [0.15, 0.2) is 42.5 Å². The molecule has 7 heteroatoms. The van der Waals surface area contributed by atoms with Crippen LogP contribution in [0.4, 0.5) is 5.69 Å². The van der Waals surface area contributed by atoms with E-state index in [9.17, 15) is 15.2 Å². The van der Waals surface area contributed by atoms with Crippen LogP contribution in [0.5, 0.6) is 5.75 Å². The lowest BCUT2D eigenvalue weighted by Gasteiger charge is -2.32. The van der Waals surface area contributed by atoms with Crippen LogP contribution in [0, 0.1) is 10.1 Å². The molecule has 6 nitrogen and oxygen atoms in total. The van der Waals surface area contributed by atoms with Gasteiger partial charge in [-0.05, 0) is 44.8 Å². The summed E-state index contributed by atoms with van der Waals surface area (Å²) in [4.78, 5) is 10.4. The third-order valence-corrected chi connectivity index (χ3v) is 5.14. The molecule has 1 fully saturated rings. The monoisotopic (exact) mass is 367 g/mol. The standard InChI is InChI=1S/C20H22BNO5/c1-19(2)20(3,4)27-21(26-19)16-9-6-14(7-10-16)5-8-15-13-17(22(24)25)11-12-18(15)23/h5-13,23H,1-4H3/b8-5-. The first kappa shape index (κ1) is 19.1. The number of rotatable bonds is 4. The van der Waals surface area contributed by atoms with Crippen molar-refractivity contribution in [2.45, 2.75) is 38.9 Å². The summed E-state index contributed by atoms with van der Waals surface area (Å²) in [5, 5.41) is 20.7. The molecule has 0 bridgehead atoms. The van der Waals surface area contributed by atoms with E-state index < -0.39 is 23.2 Å². The second-order valence-electron chi connectivity index (χ2n) is 7.59. The Kier molecular flexibility index (Phi) is 4.84. The first-order chi connectivity index (χ1) is 12.6. The minimum absolute atomic E-state index is 0.00862. The predicted octanol–water partition coefficient (Wildman–Crippen LogP) is 3.77. The van der Waals surface area contributed by atoms with Crippen molar-refractivity contribution in [3.8, 4) is 5.75 Å². The number of hydrogen-bond acceptors (Lipinski definition) is 5. The fraction of sp³-hybridized carbons (Fsp3) is 0.300. The van der Waals surface area contributed by atoms with Crippen LogP contribution in [0.1, 0.15) is 38.8 Å². The van der Waals surface area contributed by atoms with E-state index in [1.54, 1.807) is 12.2 Å². The van der Waals surface area contributed by atoms with Gasteiger partial charge < -0.3 is 14.4 Å². The summed E-state index contributed by atoms with van der Waals surface area (Å²) >= 11 is 0. The molecule has 0 saturated carbocycles. The number of benzene rings is 2. The minimum atomic E-state index is -0.490. The fourth-order valence-electron chi connectivity index (χ4n) is 2.72. The second-order valence-corrected chi connectivity index (χ2v) is 7.59. The van der Waals surface area contributed by atoms with Gasteiger partial charge in [-0.15, -0.1) is 0 Å². The molecule has 0 amide bonds. The number of nitrogens with zero attached hydrogens (tertiary/aromatic N) is 1. The van der Waals surface area contributed by atoms with Crippen LogP contribution < -0.4 is 5.46 Å². The molecule has 1 saturated heterocycles. The largest absolute Gasteiger partial charge is 0.507 e. The van der Waals surface area contributed by atoms with Crippen molar-refractivity contribution in [1.82, 2.24) is 0 Å². The Morgan fingerprint density at radius 2 is 1.59 bits per heavy atom. The normalized spacial score (nSPS) is 18.1. The van der Waals surface area contributed by atoms with Crippen molar-refractivity contribution in [1.29, 1.82) is 0 Å². The summed E-state index contributed by atoms with van der Waals surface area (Å²) in [6.07, 6.45) is 3.43. The molecule has 0 aliphatic carbocycles. The molecule has 1 aliphatic heterocycles. The molecule has 140 valence electrons. The molecule has 1 N–H and O–H groups in total. The van der Waals surface area contributed by atoms with E-state index in [2.05, 4.69) is 0 Å². The summed E-state index contributed by atoms with van der Waals surface area (Å²) in [7, 11) is -0.422. The van der Waals surface area contributed by atoms with Crippen molar-refractivity contribution in [2.75, 3.05) is 0 Å². The summed E-state index contributed by atoms with van der Waals surface area (Å²) in [6.45, 7) is 8.04. The molecule has 0 atom stereocenters. The van der Waals surface area contributed by atoms with E-state index in [1.807, 2.05) is 52.0 Å². The van der Waals surface area contributed by atoms with Gasteiger partial charge in [0, 0.05) is 17.7 Å². The summed E-state index contributed by atoms with van der Waals surface area (Å²) < 4.78 is 12.1. The van der Waals surface area contributed by atoms with Gasteiger partial charge in [0.1, 0.15) is 5.75 Å². The highest BCUT2D eigenvalue weighted by Gasteiger charge is 2.51. The number of phenols is 1. The van der Waals surface area contributed by atoms with Gasteiger partial charge in [0.15, 0.2) is 0 Å². The smallest absolute Gasteiger partial charge is 0.494 e. The maximum atomic E-state index is 10.9. The fourth-order valence-corrected chi connectivity index (χ4v) is 2.72. The maximum absolute atomic E-state index is 10.9. The van der Waals surface area contributed by atoms with E-state index in [4.69, 9.17) is 9.31 Å². The summed E-state index contributed by atoms with van der Waals surface area (Å²) in [6, 6.07) is 11.6. The van der Waals surface area contributed by atoms with Crippen LogP contribution in [-0.4, -0.2) is 28.4 Å². The lowest BCUT2D eigenvalue weighted by molar-refractivity contribution is -0.384. The Morgan fingerprint density at radius 1 is 1.00 bits per heavy atom. The first-order valence-corrected chi connectivity index (χ1v) is 8.70. The first-order valence-electron chi connectivity index (χ1n) is 8.70. The van der Waals surface area contributed by atoms with Crippen LogP contribution in [0.2, 0.25) is 0 Å². The van der Waals surface area contributed by atoms with E-state index in [1.165, 1.54) is 18.2 Å². The van der Waals surface area contributed by atoms with E-state index in [0.29, 0.717) is 5.56 Å². The second kappa shape index (κ2) is 6.83. The van der Waals surface area contributed by atoms with Crippen LogP contribution in [-0.2, 0) is 9.31 Å². The zero-order chi connectivity index (χ0) is 19.8. The number of aromatic hydroxyl groups is 1. The highest BCUT2D eigenvalue weighted by Crippen LogP contribution is 2.36. The van der Waals surface area contributed by atoms with E-state index in [0.717, 1.165) is 11.0 Å². The Balaban J connectivity index is 1.76. The summed E-state index contributed by atoms with van der Waals surface area (Å²) in [5.41, 5.74) is 1.35. The van der Waals surface area contributed by atoms with Gasteiger partial charge in [0.05, 0.1) is 16.1 Å². The van der Waals surface area contributed by atoms with E-state index in [-0.39, 0.29) is 11.4 Å². The molecule has 27 heavy (non-hydrogen) atoms. The zero-order valence-electron chi connectivity index (χ0n) is 15.8.